The third kappa shape index (κ3) is 3.78. The van der Waals surface area contributed by atoms with E-state index in [9.17, 15) is 18.3 Å². The van der Waals surface area contributed by atoms with E-state index >= 15 is 0 Å². The molecular formula is C22H19ClN2O4S. The normalized spacial score (nSPS) is 12.0. The molecule has 0 saturated heterocycles. The summed E-state index contributed by atoms with van der Waals surface area (Å²) in [4.78, 5) is 16.0. The second-order valence-electron chi connectivity index (χ2n) is 7.41. The van der Waals surface area contributed by atoms with Crippen molar-refractivity contribution in [3.8, 4) is 11.1 Å². The van der Waals surface area contributed by atoms with Gasteiger partial charge in [0.25, 0.3) is 0 Å². The van der Waals surface area contributed by atoms with Gasteiger partial charge in [-0.2, -0.15) is 0 Å². The van der Waals surface area contributed by atoms with Gasteiger partial charge in [0.05, 0.1) is 11.3 Å². The van der Waals surface area contributed by atoms with Gasteiger partial charge in [0.1, 0.15) is 6.54 Å². The molecule has 0 aliphatic heterocycles. The lowest BCUT2D eigenvalue weighted by Crippen LogP contribution is -2.14. The Hall–Kier alpha value is -2.90. The van der Waals surface area contributed by atoms with Crippen LogP contribution in [0.2, 0.25) is 5.02 Å². The van der Waals surface area contributed by atoms with Crippen LogP contribution in [0.3, 0.4) is 0 Å². The molecule has 0 atom stereocenters. The van der Waals surface area contributed by atoms with Gasteiger partial charge < -0.3 is 9.67 Å². The number of carbonyl (C=O) groups is 1. The summed E-state index contributed by atoms with van der Waals surface area (Å²) < 4.78 is 26.1. The third-order valence-electron chi connectivity index (χ3n) is 4.99. The topological polar surface area (TPSA) is 89.3 Å². The molecule has 0 aliphatic carbocycles. The lowest BCUT2D eigenvalue weighted by molar-refractivity contribution is -0.137. The van der Waals surface area contributed by atoms with Crippen LogP contribution in [0.4, 0.5) is 0 Å². The Morgan fingerprint density at radius 2 is 1.90 bits per heavy atom. The zero-order chi connectivity index (χ0) is 21.6. The van der Waals surface area contributed by atoms with E-state index in [-0.39, 0.29) is 12.3 Å². The molecule has 30 heavy (non-hydrogen) atoms. The summed E-state index contributed by atoms with van der Waals surface area (Å²) in [6.07, 6.45) is 2.80. The van der Waals surface area contributed by atoms with Gasteiger partial charge in [-0.25, -0.2) is 8.42 Å². The minimum atomic E-state index is -3.43. The van der Waals surface area contributed by atoms with Gasteiger partial charge in [-0.3, -0.25) is 9.78 Å². The van der Waals surface area contributed by atoms with Crippen LogP contribution in [-0.4, -0.2) is 35.3 Å². The Morgan fingerprint density at radius 1 is 1.13 bits per heavy atom. The second kappa shape index (κ2) is 7.41. The fourth-order valence-corrected chi connectivity index (χ4v) is 4.84. The number of carboxylic acid groups (broad SMARTS) is 1. The van der Waals surface area contributed by atoms with Crippen molar-refractivity contribution in [1.29, 1.82) is 0 Å². The maximum atomic E-state index is 12.3. The number of aryl methyl sites for hydroxylation is 1. The first-order valence-electron chi connectivity index (χ1n) is 9.20. The van der Waals surface area contributed by atoms with Gasteiger partial charge in [0.2, 0.25) is 0 Å². The average molecular weight is 443 g/mol. The van der Waals surface area contributed by atoms with Crippen molar-refractivity contribution in [3.63, 3.8) is 0 Å². The first kappa shape index (κ1) is 20.4. The van der Waals surface area contributed by atoms with Crippen molar-refractivity contribution < 1.29 is 18.3 Å². The van der Waals surface area contributed by atoms with Crippen molar-refractivity contribution in [1.82, 2.24) is 9.55 Å². The molecule has 0 unspecified atom stereocenters. The number of halogens is 1. The van der Waals surface area contributed by atoms with Crippen molar-refractivity contribution in [2.24, 2.45) is 0 Å². The molecule has 4 aromatic rings. The Bertz CT molecular complexity index is 1420. The van der Waals surface area contributed by atoms with E-state index < -0.39 is 15.8 Å². The summed E-state index contributed by atoms with van der Waals surface area (Å²) in [5.74, 6) is -1.32. The van der Waals surface area contributed by atoms with Crippen molar-refractivity contribution in [3.05, 3.63) is 64.9 Å². The highest BCUT2D eigenvalue weighted by molar-refractivity contribution is 7.89. The Morgan fingerprint density at radius 3 is 2.60 bits per heavy atom. The Balaban J connectivity index is 2.17. The van der Waals surface area contributed by atoms with Gasteiger partial charge in [-0.15, -0.1) is 0 Å². The van der Waals surface area contributed by atoms with E-state index in [4.69, 9.17) is 11.6 Å². The lowest BCUT2D eigenvalue weighted by Gasteiger charge is -2.12. The number of rotatable bonds is 5. The Labute approximate surface area is 178 Å². The predicted octanol–water partition coefficient (Wildman–Crippen LogP) is 4.45. The standard InChI is InChI=1S/C22H19ClN2O4S/c1-13-3-6-19-17(9-13)22(20(12-30(2,28)29)25(19)11-21(26)27)16-7-8-24-18-10-14(23)4-5-15(16)18/h3-10H,11-12H2,1-2H3,(H,26,27). The van der Waals surface area contributed by atoms with Crippen LogP contribution in [0.5, 0.6) is 0 Å². The number of aromatic nitrogens is 2. The first-order chi connectivity index (χ1) is 14.1. The summed E-state index contributed by atoms with van der Waals surface area (Å²) >= 11 is 6.12. The van der Waals surface area contributed by atoms with Crippen molar-refractivity contribution in [2.75, 3.05) is 6.26 Å². The summed E-state index contributed by atoms with van der Waals surface area (Å²) in [5, 5.41) is 11.7. The fraction of sp³-hybridized carbons (Fsp3) is 0.182. The number of nitrogens with zero attached hydrogens (tertiary/aromatic N) is 2. The molecule has 8 heteroatoms. The summed E-state index contributed by atoms with van der Waals surface area (Å²) in [5.41, 5.74) is 4.28. The quantitative estimate of drug-likeness (QED) is 0.493. The van der Waals surface area contributed by atoms with Gasteiger partial charge >= 0.3 is 5.97 Å². The van der Waals surface area contributed by atoms with Crippen LogP contribution < -0.4 is 0 Å². The molecule has 0 radical (unpaired) electrons. The minimum Gasteiger partial charge on any atom is -0.480 e. The van der Waals surface area contributed by atoms with Gasteiger partial charge in [-0.1, -0.05) is 29.3 Å². The molecule has 2 aromatic heterocycles. The zero-order valence-electron chi connectivity index (χ0n) is 16.4. The van der Waals surface area contributed by atoms with E-state index in [1.54, 1.807) is 22.9 Å². The lowest BCUT2D eigenvalue weighted by atomic mass is 9.98. The molecule has 6 nitrogen and oxygen atoms in total. The second-order valence-corrected chi connectivity index (χ2v) is 9.99. The molecule has 0 bridgehead atoms. The van der Waals surface area contributed by atoms with Crippen LogP contribution in [0.1, 0.15) is 11.3 Å². The van der Waals surface area contributed by atoms with Crippen LogP contribution in [-0.2, 0) is 26.9 Å². The number of sulfone groups is 1. The van der Waals surface area contributed by atoms with Crippen LogP contribution in [0.25, 0.3) is 32.9 Å². The molecule has 0 aliphatic rings. The summed E-state index contributed by atoms with van der Waals surface area (Å²) in [6.45, 7) is 1.61. The smallest absolute Gasteiger partial charge is 0.323 e. The van der Waals surface area contributed by atoms with E-state index in [1.165, 1.54) is 0 Å². The number of aliphatic carboxylic acids is 1. The highest BCUT2D eigenvalue weighted by Gasteiger charge is 2.24. The summed E-state index contributed by atoms with van der Waals surface area (Å²) in [7, 11) is -3.43. The van der Waals surface area contributed by atoms with E-state index in [0.29, 0.717) is 27.3 Å². The zero-order valence-corrected chi connectivity index (χ0v) is 18.0. The molecule has 154 valence electrons. The fourth-order valence-electron chi connectivity index (χ4n) is 3.88. The van der Waals surface area contributed by atoms with E-state index in [0.717, 1.165) is 28.2 Å². The molecular weight excluding hydrogens is 424 g/mol. The number of pyridine rings is 1. The Kier molecular flexibility index (Phi) is 5.03. The molecule has 1 N–H and O–H groups in total. The molecule has 4 rings (SSSR count). The monoisotopic (exact) mass is 442 g/mol. The molecule has 2 heterocycles. The maximum absolute atomic E-state index is 12.3. The van der Waals surface area contributed by atoms with Crippen molar-refractivity contribution in [2.45, 2.75) is 19.2 Å². The van der Waals surface area contributed by atoms with Gasteiger partial charge in [0.15, 0.2) is 9.84 Å². The number of carboxylic acids is 1. The average Bonchev–Trinajstić information content (AvgIpc) is 2.91. The summed E-state index contributed by atoms with van der Waals surface area (Å²) in [6, 6.07) is 12.9. The third-order valence-corrected chi connectivity index (χ3v) is 6.03. The number of hydrogen-bond donors (Lipinski definition) is 1. The molecule has 0 spiro atoms. The molecule has 0 saturated carbocycles. The highest BCUT2D eigenvalue weighted by atomic mass is 35.5. The maximum Gasteiger partial charge on any atom is 0.323 e. The number of hydrogen-bond acceptors (Lipinski definition) is 4. The number of fused-ring (bicyclic) bond motifs is 2. The largest absolute Gasteiger partial charge is 0.480 e. The first-order valence-corrected chi connectivity index (χ1v) is 11.6. The molecule has 0 fully saturated rings. The van der Waals surface area contributed by atoms with E-state index in [2.05, 4.69) is 4.98 Å². The highest BCUT2D eigenvalue weighted by Crippen LogP contribution is 2.39. The SMILES string of the molecule is Cc1ccc2c(c1)c(-c1ccnc3cc(Cl)ccc13)c(CS(C)(=O)=O)n2CC(=O)O. The minimum absolute atomic E-state index is 0.277. The van der Waals surface area contributed by atoms with E-state index in [1.807, 2.05) is 37.3 Å². The van der Waals surface area contributed by atoms with Crippen LogP contribution in [0.15, 0.2) is 48.7 Å². The van der Waals surface area contributed by atoms with Crippen LogP contribution >= 0.6 is 11.6 Å². The van der Waals surface area contributed by atoms with Crippen LogP contribution in [0, 0.1) is 6.92 Å². The molecule has 2 aromatic carbocycles. The van der Waals surface area contributed by atoms with Crippen molar-refractivity contribution >= 4 is 49.2 Å². The number of benzene rings is 2. The molecule has 0 amide bonds. The predicted molar refractivity (Wildman–Crippen MR) is 119 cm³/mol. The van der Waals surface area contributed by atoms with Gasteiger partial charge in [-0.05, 0) is 42.8 Å². The van der Waals surface area contributed by atoms with Gasteiger partial charge in [0, 0.05) is 45.0 Å².